The smallest absolute Gasteiger partial charge is 0.340 e. The van der Waals surface area contributed by atoms with Crippen LogP contribution >= 0.6 is 23.4 Å². The van der Waals surface area contributed by atoms with Gasteiger partial charge in [-0.15, -0.1) is 11.8 Å². The second-order valence-corrected chi connectivity index (χ2v) is 16.0. The number of thioether (sulfide) groups is 1. The van der Waals surface area contributed by atoms with Crippen LogP contribution in [0.15, 0.2) is 47.4 Å². The SMILES string of the molecule is CS(=O)(=O)N1CCc2c(c(-c3ccc(C(F)(F)F)c(SCc4ccc(Cl)cc4)c3)nn2CCCN2CCC(N3CCCC3=O)CC2)C1. The summed E-state index contributed by atoms with van der Waals surface area (Å²) in [5.41, 5.74) is 2.85. The molecule has 8 nitrogen and oxygen atoms in total. The summed E-state index contributed by atoms with van der Waals surface area (Å²) in [6.45, 7) is 4.67. The number of carbonyl (C=O) groups excluding carboxylic acids is 1. The van der Waals surface area contributed by atoms with Gasteiger partial charge < -0.3 is 9.80 Å². The Kier molecular flexibility index (Phi) is 10.3. The van der Waals surface area contributed by atoms with Crippen molar-refractivity contribution in [2.45, 2.75) is 74.5 Å². The second kappa shape index (κ2) is 14.1. The van der Waals surface area contributed by atoms with Gasteiger partial charge in [0.1, 0.15) is 0 Å². The van der Waals surface area contributed by atoms with Gasteiger partial charge in [-0.05, 0) is 62.1 Å². The molecule has 0 atom stereocenters. The van der Waals surface area contributed by atoms with E-state index in [-0.39, 0.29) is 17.3 Å². The van der Waals surface area contributed by atoms with Crippen LogP contribution in [-0.2, 0) is 46.3 Å². The molecule has 0 spiro atoms. The Hall–Kier alpha value is -2.58. The molecule has 3 aliphatic heterocycles. The minimum atomic E-state index is -4.54. The van der Waals surface area contributed by atoms with Crippen LogP contribution in [0.4, 0.5) is 13.2 Å². The normalized spacial score (nSPS) is 18.7. The highest BCUT2D eigenvalue weighted by Gasteiger charge is 2.35. The van der Waals surface area contributed by atoms with Crippen LogP contribution in [0.5, 0.6) is 0 Å². The predicted octanol–water partition coefficient (Wildman–Crippen LogP) is 6.31. The fraction of sp³-hybridized carbons (Fsp3) is 0.515. The van der Waals surface area contributed by atoms with E-state index in [4.69, 9.17) is 16.7 Å². The Bertz CT molecular complexity index is 1710. The van der Waals surface area contributed by atoms with E-state index < -0.39 is 21.8 Å². The maximum Gasteiger partial charge on any atom is 0.417 e. The lowest BCUT2D eigenvalue weighted by Crippen LogP contribution is -2.45. The van der Waals surface area contributed by atoms with Crippen LogP contribution in [0.2, 0.25) is 5.02 Å². The van der Waals surface area contributed by atoms with E-state index in [9.17, 15) is 26.4 Å². The lowest BCUT2D eigenvalue weighted by Gasteiger charge is -2.36. The Labute approximate surface area is 283 Å². The molecule has 2 saturated heterocycles. The number of sulfonamides is 1. The molecule has 1 aromatic heterocycles. The third-order valence-corrected chi connectivity index (χ3v) is 12.0. The van der Waals surface area contributed by atoms with E-state index >= 15 is 0 Å². The van der Waals surface area contributed by atoms with Crippen molar-refractivity contribution in [2.24, 2.45) is 0 Å². The highest BCUT2D eigenvalue weighted by Crippen LogP contribution is 2.41. The zero-order valence-electron chi connectivity index (χ0n) is 26.3. The number of hydrogen-bond acceptors (Lipinski definition) is 6. The first kappa shape index (κ1) is 34.3. The van der Waals surface area contributed by atoms with E-state index in [2.05, 4.69) is 9.80 Å². The number of aromatic nitrogens is 2. The molecule has 4 heterocycles. The van der Waals surface area contributed by atoms with Gasteiger partial charge in [-0.3, -0.25) is 9.48 Å². The summed E-state index contributed by atoms with van der Waals surface area (Å²) in [6, 6.07) is 11.4. The third-order valence-electron chi connectivity index (χ3n) is 9.39. The highest BCUT2D eigenvalue weighted by atomic mass is 35.5. The van der Waals surface area contributed by atoms with Crippen molar-refractivity contribution in [2.75, 3.05) is 39.0 Å². The molecular weight excluding hydrogens is 671 g/mol. The number of benzene rings is 2. The molecule has 2 aromatic carbocycles. The Morgan fingerprint density at radius 1 is 1.00 bits per heavy atom. The van der Waals surface area contributed by atoms with E-state index in [1.165, 1.54) is 22.7 Å². The zero-order chi connectivity index (χ0) is 33.3. The monoisotopic (exact) mass is 709 g/mol. The number of nitrogens with zero attached hydrogens (tertiary/aromatic N) is 5. The molecule has 0 saturated carbocycles. The first-order valence-corrected chi connectivity index (χ1v) is 19.2. The number of rotatable bonds is 10. The third kappa shape index (κ3) is 8.01. The fourth-order valence-corrected chi connectivity index (χ4v) is 8.86. The molecule has 0 bridgehead atoms. The van der Waals surface area contributed by atoms with Crippen molar-refractivity contribution >= 4 is 39.3 Å². The first-order valence-electron chi connectivity index (χ1n) is 16.0. The van der Waals surface area contributed by atoms with Crippen molar-refractivity contribution in [1.82, 2.24) is 23.9 Å². The average molecular weight is 710 g/mol. The van der Waals surface area contributed by atoms with Gasteiger partial charge in [0.15, 0.2) is 0 Å². The van der Waals surface area contributed by atoms with Crippen LogP contribution < -0.4 is 0 Å². The molecule has 0 N–H and O–H groups in total. The summed E-state index contributed by atoms with van der Waals surface area (Å²) in [5.74, 6) is 0.599. The number of alkyl halides is 3. The number of likely N-dealkylation sites (tertiary alicyclic amines) is 2. The molecule has 254 valence electrons. The Morgan fingerprint density at radius 3 is 2.40 bits per heavy atom. The van der Waals surface area contributed by atoms with Gasteiger partial charge >= 0.3 is 6.18 Å². The molecule has 1 amide bonds. The molecule has 3 aliphatic rings. The molecule has 47 heavy (non-hydrogen) atoms. The Morgan fingerprint density at radius 2 is 1.74 bits per heavy atom. The minimum Gasteiger partial charge on any atom is -0.340 e. The summed E-state index contributed by atoms with van der Waals surface area (Å²) in [6.07, 6.45) is 1.50. The summed E-state index contributed by atoms with van der Waals surface area (Å²) < 4.78 is 70.6. The summed E-state index contributed by atoms with van der Waals surface area (Å²) in [4.78, 5) is 16.7. The first-order chi connectivity index (χ1) is 22.4. The van der Waals surface area contributed by atoms with Gasteiger partial charge in [-0.1, -0.05) is 29.8 Å². The standard InChI is InChI=1S/C33H39ClF3N5O3S2/c1-47(44,45)40-19-13-29-27(21-40)32(38-42(29)16-3-14-39-17-11-26(12-18-39)41-15-2-4-31(41)43)24-7-10-28(33(35,36)37)30(20-24)46-22-23-5-8-25(34)9-6-23/h5-10,20,26H,2-4,11-19,21-22H2,1H3. The number of halogens is 4. The van der Waals surface area contributed by atoms with Gasteiger partial charge in [0, 0.05) is 90.6 Å². The number of aryl methyl sites for hydroxylation is 1. The quantitative estimate of drug-likeness (QED) is 0.230. The lowest BCUT2D eigenvalue weighted by molar-refractivity contribution is -0.139. The van der Waals surface area contributed by atoms with Crippen molar-refractivity contribution in [3.05, 3.63) is 69.9 Å². The van der Waals surface area contributed by atoms with Gasteiger partial charge in [-0.25, -0.2) is 8.42 Å². The number of fused-ring (bicyclic) bond motifs is 1. The largest absolute Gasteiger partial charge is 0.417 e. The topological polar surface area (TPSA) is 78.8 Å². The predicted molar refractivity (Wildman–Crippen MR) is 178 cm³/mol. The summed E-state index contributed by atoms with van der Waals surface area (Å²) in [7, 11) is -3.48. The van der Waals surface area contributed by atoms with Crippen LogP contribution in [0.3, 0.4) is 0 Å². The molecule has 0 aliphatic carbocycles. The maximum absolute atomic E-state index is 14.1. The van der Waals surface area contributed by atoms with Crippen LogP contribution in [0.1, 0.15) is 54.5 Å². The highest BCUT2D eigenvalue weighted by molar-refractivity contribution is 7.98. The molecule has 3 aromatic rings. The molecular formula is C33H39ClF3N5O3S2. The summed E-state index contributed by atoms with van der Waals surface area (Å²) >= 11 is 7.08. The fourth-order valence-electron chi connectivity index (χ4n) is 6.88. The van der Waals surface area contributed by atoms with Crippen molar-refractivity contribution in [1.29, 1.82) is 0 Å². The van der Waals surface area contributed by atoms with Crippen LogP contribution in [-0.4, -0.2) is 83.2 Å². The number of piperidine rings is 1. The molecule has 0 radical (unpaired) electrons. The number of amides is 1. The van der Waals surface area contributed by atoms with E-state index in [1.54, 1.807) is 24.3 Å². The van der Waals surface area contributed by atoms with E-state index in [0.29, 0.717) is 54.0 Å². The van der Waals surface area contributed by atoms with Crippen molar-refractivity contribution in [3.63, 3.8) is 0 Å². The lowest BCUT2D eigenvalue weighted by atomic mass is 10.0. The molecule has 6 rings (SSSR count). The molecule has 0 unspecified atom stereocenters. The number of carbonyl (C=O) groups is 1. The average Bonchev–Trinajstić information content (AvgIpc) is 3.63. The van der Waals surface area contributed by atoms with Crippen molar-refractivity contribution in [3.8, 4) is 11.3 Å². The molecule has 14 heteroatoms. The van der Waals surface area contributed by atoms with Crippen LogP contribution in [0.25, 0.3) is 11.3 Å². The van der Waals surface area contributed by atoms with Gasteiger partial charge in [0.05, 0.1) is 17.5 Å². The van der Waals surface area contributed by atoms with Crippen molar-refractivity contribution < 1.29 is 26.4 Å². The number of hydrogen-bond donors (Lipinski definition) is 0. The zero-order valence-corrected chi connectivity index (χ0v) is 28.7. The maximum atomic E-state index is 14.1. The van der Waals surface area contributed by atoms with Crippen LogP contribution in [0, 0.1) is 0 Å². The van der Waals surface area contributed by atoms with E-state index in [0.717, 1.165) is 86.5 Å². The van der Waals surface area contributed by atoms with E-state index in [1.807, 2.05) is 4.68 Å². The Balaban J connectivity index is 1.21. The van der Waals surface area contributed by atoms with Gasteiger partial charge in [-0.2, -0.15) is 22.6 Å². The van der Waals surface area contributed by atoms with Gasteiger partial charge in [0.25, 0.3) is 0 Å². The summed E-state index contributed by atoms with van der Waals surface area (Å²) in [5, 5.41) is 5.48. The van der Waals surface area contributed by atoms with Gasteiger partial charge in [0.2, 0.25) is 15.9 Å². The minimum absolute atomic E-state index is 0.0862. The second-order valence-electron chi connectivity index (χ2n) is 12.6. The molecule has 2 fully saturated rings.